The van der Waals surface area contributed by atoms with E-state index in [4.69, 9.17) is 10.00 Å². The summed E-state index contributed by atoms with van der Waals surface area (Å²) in [5.41, 5.74) is 3.46. The Hall–Kier alpha value is -4.91. The maximum Gasteiger partial charge on any atom is 0.227 e. The molecule has 0 spiro atoms. The average Bonchev–Trinajstić information content (AvgIpc) is 2.99. The van der Waals surface area contributed by atoms with Crippen LogP contribution in [0.2, 0.25) is 0 Å². The number of carbonyl (C=O) groups is 1. The van der Waals surface area contributed by atoms with E-state index in [0.717, 1.165) is 11.3 Å². The topological polar surface area (TPSA) is 108 Å². The molecule has 9 nitrogen and oxygen atoms in total. The Balaban J connectivity index is 1.32. The number of nitriles is 1. The molecule has 0 bridgehead atoms. The van der Waals surface area contributed by atoms with Gasteiger partial charge in [-0.15, -0.1) is 0 Å². The summed E-state index contributed by atoms with van der Waals surface area (Å²) in [5.74, 6) is 1.19. The fourth-order valence-corrected chi connectivity index (χ4v) is 4.70. The van der Waals surface area contributed by atoms with Gasteiger partial charge in [0.25, 0.3) is 0 Å². The number of ether oxygens (including phenoxy) is 1. The summed E-state index contributed by atoms with van der Waals surface area (Å²) in [7, 11) is 0. The number of hydrogen-bond donors (Lipinski definition) is 0. The van der Waals surface area contributed by atoms with Crippen molar-refractivity contribution in [1.29, 1.82) is 5.26 Å². The number of amides is 1. The van der Waals surface area contributed by atoms with Crippen LogP contribution in [0.25, 0.3) is 11.1 Å². The van der Waals surface area contributed by atoms with Crippen LogP contribution in [0.4, 0.5) is 10.2 Å². The quantitative estimate of drug-likeness (QED) is 0.332. The van der Waals surface area contributed by atoms with Crippen LogP contribution in [0.15, 0.2) is 67.5 Å². The van der Waals surface area contributed by atoms with E-state index in [9.17, 15) is 9.18 Å². The minimum Gasteiger partial charge on any atom is -0.451 e. The molecule has 5 rings (SSSR count). The summed E-state index contributed by atoms with van der Waals surface area (Å²) >= 11 is 0. The van der Waals surface area contributed by atoms with Gasteiger partial charge in [0, 0.05) is 43.5 Å². The van der Waals surface area contributed by atoms with Gasteiger partial charge in [-0.25, -0.2) is 24.3 Å². The second-order valence-corrected chi connectivity index (χ2v) is 9.78. The zero-order valence-corrected chi connectivity index (χ0v) is 22.3. The fraction of sp³-hybridized carbons (Fsp3) is 0.267. The summed E-state index contributed by atoms with van der Waals surface area (Å²) in [6, 6.07) is 13.5. The second-order valence-electron chi connectivity index (χ2n) is 9.78. The molecule has 1 aliphatic rings. The van der Waals surface area contributed by atoms with Crippen LogP contribution in [0.5, 0.6) is 11.5 Å². The normalized spacial score (nSPS) is 13.3. The number of hydrogen-bond acceptors (Lipinski definition) is 8. The smallest absolute Gasteiger partial charge is 0.227 e. The first-order valence-corrected chi connectivity index (χ1v) is 13.0. The first kappa shape index (κ1) is 26.7. The van der Waals surface area contributed by atoms with Crippen LogP contribution in [-0.2, 0) is 11.2 Å². The standard InChI is InChI=1S/C30H28FN7O2/c1-20(2)29-25(16-33-18-35-29)24-14-23(31)7-8-26(24)40-27-17-34-19-36-30(27)38-11-9-37(10-12-38)28(39)13-21-3-5-22(15-32)6-4-21/h3-8,14,16-20H,9-13H2,1-2H3. The predicted octanol–water partition coefficient (Wildman–Crippen LogP) is 4.75. The number of nitrogens with zero attached hydrogens (tertiary/aromatic N) is 7. The number of halogens is 1. The molecule has 0 aliphatic carbocycles. The summed E-state index contributed by atoms with van der Waals surface area (Å²) in [5, 5.41) is 8.97. The van der Waals surface area contributed by atoms with E-state index in [1.165, 1.54) is 24.8 Å². The van der Waals surface area contributed by atoms with Crippen LogP contribution in [0, 0.1) is 17.1 Å². The van der Waals surface area contributed by atoms with E-state index in [1.54, 1.807) is 30.6 Å². The number of aromatic nitrogens is 4. The summed E-state index contributed by atoms with van der Waals surface area (Å²) in [4.78, 5) is 34.0. The number of piperazine rings is 1. The van der Waals surface area contributed by atoms with E-state index < -0.39 is 5.82 Å². The summed E-state index contributed by atoms with van der Waals surface area (Å²) in [6.07, 6.45) is 6.47. The van der Waals surface area contributed by atoms with Crippen molar-refractivity contribution >= 4 is 11.7 Å². The van der Waals surface area contributed by atoms with Crippen molar-refractivity contribution in [3.8, 4) is 28.7 Å². The third-order valence-corrected chi connectivity index (χ3v) is 6.77. The van der Waals surface area contributed by atoms with Crippen LogP contribution < -0.4 is 9.64 Å². The maximum atomic E-state index is 14.4. The van der Waals surface area contributed by atoms with Gasteiger partial charge in [-0.2, -0.15) is 5.26 Å². The van der Waals surface area contributed by atoms with E-state index in [0.29, 0.717) is 60.2 Å². The van der Waals surface area contributed by atoms with E-state index in [1.807, 2.05) is 30.9 Å². The Bertz CT molecular complexity index is 1540. The minimum absolute atomic E-state index is 0.0329. The predicted molar refractivity (Wildman–Crippen MR) is 147 cm³/mol. The highest BCUT2D eigenvalue weighted by atomic mass is 19.1. The number of anilines is 1. The van der Waals surface area contributed by atoms with Crippen molar-refractivity contribution in [2.24, 2.45) is 0 Å². The van der Waals surface area contributed by atoms with Gasteiger partial charge in [-0.3, -0.25) is 4.79 Å². The van der Waals surface area contributed by atoms with Gasteiger partial charge < -0.3 is 14.5 Å². The zero-order valence-electron chi connectivity index (χ0n) is 22.3. The van der Waals surface area contributed by atoms with E-state index >= 15 is 0 Å². The molecule has 0 radical (unpaired) electrons. The molecule has 2 aromatic carbocycles. The monoisotopic (exact) mass is 537 g/mol. The number of carbonyl (C=O) groups excluding carboxylic acids is 1. The Morgan fingerprint density at radius 1 is 0.975 bits per heavy atom. The lowest BCUT2D eigenvalue weighted by molar-refractivity contribution is -0.130. The van der Waals surface area contributed by atoms with Crippen molar-refractivity contribution < 1.29 is 13.9 Å². The third kappa shape index (κ3) is 5.89. The van der Waals surface area contributed by atoms with Crippen molar-refractivity contribution in [2.75, 3.05) is 31.1 Å². The molecule has 0 unspecified atom stereocenters. The third-order valence-electron chi connectivity index (χ3n) is 6.77. The van der Waals surface area contributed by atoms with E-state index in [-0.39, 0.29) is 18.2 Å². The molecule has 0 saturated carbocycles. The largest absolute Gasteiger partial charge is 0.451 e. The average molecular weight is 538 g/mol. The highest BCUT2D eigenvalue weighted by molar-refractivity contribution is 5.79. The second kappa shape index (κ2) is 11.9. The molecule has 202 valence electrons. The first-order chi connectivity index (χ1) is 19.4. The summed E-state index contributed by atoms with van der Waals surface area (Å²) in [6.45, 7) is 6.21. The molecule has 3 heterocycles. The van der Waals surface area contributed by atoms with Gasteiger partial charge in [-0.1, -0.05) is 26.0 Å². The van der Waals surface area contributed by atoms with Crippen molar-refractivity contribution in [2.45, 2.75) is 26.2 Å². The molecule has 1 saturated heterocycles. The van der Waals surface area contributed by atoms with Gasteiger partial charge in [-0.05, 0) is 41.8 Å². The fourth-order valence-electron chi connectivity index (χ4n) is 4.70. The highest BCUT2D eigenvalue weighted by Crippen LogP contribution is 2.39. The molecule has 1 aliphatic heterocycles. The van der Waals surface area contributed by atoms with Crippen LogP contribution in [0.3, 0.4) is 0 Å². The summed E-state index contributed by atoms with van der Waals surface area (Å²) < 4.78 is 20.7. The molecule has 4 aromatic rings. The minimum atomic E-state index is -0.396. The van der Waals surface area contributed by atoms with Crippen molar-refractivity contribution in [1.82, 2.24) is 24.8 Å². The maximum absolute atomic E-state index is 14.4. The molecular formula is C30H28FN7O2. The molecule has 0 N–H and O–H groups in total. The van der Waals surface area contributed by atoms with Gasteiger partial charge in [0.2, 0.25) is 5.91 Å². The molecule has 1 fully saturated rings. The van der Waals surface area contributed by atoms with Crippen molar-refractivity contribution in [3.63, 3.8) is 0 Å². The van der Waals surface area contributed by atoms with Crippen LogP contribution >= 0.6 is 0 Å². The number of rotatable bonds is 7. The van der Waals surface area contributed by atoms with Gasteiger partial charge in [0.15, 0.2) is 11.6 Å². The van der Waals surface area contributed by atoms with Crippen molar-refractivity contribution in [3.05, 3.63) is 90.2 Å². The molecule has 2 aromatic heterocycles. The highest BCUT2D eigenvalue weighted by Gasteiger charge is 2.25. The molecule has 0 atom stereocenters. The van der Waals surface area contributed by atoms with Gasteiger partial charge >= 0.3 is 0 Å². The lowest BCUT2D eigenvalue weighted by Gasteiger charge is -2.36. The SMILES string of the molecule is CC(C)c1ncncc1-c1cc(F)ccc1Oc1cncnc1N1CCN(C(=O)Cc2ccc(C#N)cc2)CC1. The Labute approximate surface area is 231 Å². The lowest BCUT2D eigenvalue weighted by atomic mass is 9.98. The Morgan fingerprint density at radius 3 is 2.42 bits per heavy atom. The molecule has 40 heavy (non-hydrogen) atoms. The van der Waals surface area contributed by atoms with Gasteiger partial charge in [0.1, 0.15) is 24.2 Å². The van der Waals surface area contributed by atoms with Gasteiger partial charge in [0.05, 0.1) is 29.9 Å². The van der Waals surface area contributed by atoms with Crippen LogP contribution in [-0.4, -0.2) is 56.9 Å². The van der Waals surface area contributed by atoms with Crippen LogP contribution in [0.1, 0.15) is 36.6 Å². The molecule has 10 heteroatoms. The zero-order chi connectivity index (χ0) is 28.1. The van der Waals surface area contributed by atoms with E-state index in [2.05, 4.69) is 30.9 Å². The lowest BCUT2D eigenvalue weighted by Crippen LogP contribution is -2.49. The molecular weight excluding hydrogens is 509 g/mol. The first-order valence-electron chi connectivity index (χ1n) is 13.0. The Kier molecular flexibility index (Phi) is 7.92. The number of benzene rings is 2. The Morgan fingerprint density at radius 2 is 1.70 bits per heavy atom. The molecule has 1 amide bonds.